The molecular formula is C20H13F6N7OS. The number of alkyl halides is 6. The van der Waals surface area contributed by atoms with E-state index in [1.54, 1.807) is 6.07 Å². The molecule has 4 rings (SSSR count). The molecule has 0 unspecified atom stereocenters. The molecule has 35 heavy (non-hydrogen) atoms. The summed E-state index contributed by atoms with van der Waals surface area (Å²) in [6, 6.07) is 1.92. The lowest BCUT2D eigenvalue weighted by atomic mass is 9.98. The maximum absolute atomic E-state index is 13.5. The van der Waals surface area contributed by atoms with Crippen molar-refractivity contribution < 1.29 is 31.1 Å². The average Bonchev–Trinajstić information content (AvgIpc) is 3.48. The molecule has 0 aliphatic carbocycles. The van der Waals surface area contributed by atoms with E-state index in [0.29, 0.717) is 16.8 Å². The Labute approximate surface area is 196 Å². The fourth-order valence-corrected chi connectivity index (χ4v) is 3.84. The lowest BCUT2D eigenvalue weighted by Crippen LogP contribution is -2.17. The first-order chi connectivity index (χ1) is 16.4. The predicted molar refractivity (Wildman–Crippen MR) is 111 cm³/mol. The number of hydrogen-bond donors (Lipinski definition) is 1. The average molecular weight is 513 g/mol. The van der Waals surface area contributed by atoms with Gasteiger partial charge >= 0.3 is 12.4 Å². The number of halogens is 6. The summed E-state index contributed by atoms with van der Waals surface area (Å²) >= 11 is 0.963. The third kappa shape index (κ3) is 5.29. The van der Waals surface area contributed by atoms with Crippen LogP contribution in [0, 0.1) is 0 Å². The zero-order chi connectivity index (χ0) is 25.4. The Morgan fingerprint density at radius 2 is 1.86 bits per heavy atom. The van der Waals surface area contributed by atoms with Crippen LogP contribution in [-0.2, 0) is 12.4 Å². The summed E-state index contributed by atoms with van der Waals surface area (Å²) in [6.07, 6.45) is -4.69. The molecule has 0 radical (unpaired) electrons. The van der Waals surface area contributed by atoms with E-state index in [1.165, 1.54) is 31.8 Å². The third-order valence-electron chi connectivity index (χ3n) is 4.81. The third-order valence-corrected chi connectivity index (χ3v) is 5.76. The maximum Gasteiger partial charge on any atom is 0.416 e. The molecule has 0 bridgehead atoms. The van der Waals surface area contributed by atoms with Crippen molar-refractivity contribution >= 4 is 22.9 Å². The van der Waals surface area contributed by atoms with Crippen molar-refractivity contribution in [3.8, 4) is 10.7 Å². The number of carbonyl (C=O) groups excluding carboxylic acids is 1. The summed E-state index contributed by atoms with van der Waals surface area (Å²) in [5.41, 5.74) is -2.64. The monoisotopic (exact) mass is 513 g/mol. The van der Waals surface area contributed by atoms with Crippen LogP contribution in [0.25, 0.3) is 10.7 Å². The van der Waals surface area contributed by atoms with E-state index < -0.39 is 41.0 Å². The normalized spacial score (nSPS) is 13.0. The van der Waals surface area contributed by atoms with Gasteiger partial charge < -0.3 is 5.32 Å². The smallest absolute Gasteiger partial charge is 0.317 e. The molecule has 0 saturated heterocycles. The number of rotatable bonds is 5. The molecule has 0 saturated carbocycles. The van der Waals surface area contributed by atoms with Crippen molar-refractivity contribution in [1.29, 1.82) is 0 Å². The minimum absolute atomic E-state index is 0.00140. The highest BCUT2D eigenvalue weighted by Crippen LogP contribution is 2.39. The van der Waals surface area contributed by atoms with Crippen LogP contribution in [0.4, 0.5) is 32.0 Å². The Balaban J connectivity index is 1.54. The molecule has 1 amide bonds. The summed E-state index contributed by atoms with van der Waals surface area (Å²) < 4.78 is 80.4. The number of aromatic nitrogens is 6. The van der Waals surface area contributed by atoms with Crippen LogP contribution in [-0.4, -0.2) is 35.9 Å². The first kappa shape index (κ1) is 24.3. The molecule has 3 heterocycles. The summed E-state index contributed by atoms with van der Waals surface area (Å²) in [4.78, 5) is 20.3. The first-order valence-electron chi connectivity index (χ1n) is 9.67. The van der Waals surface area contributed by atoms with Gasteiger partial charge in [0.05, 0.1) is 29.1 Å². The van der Waals surface area contributed by atoms with E-state index in [4.69, 9.17) is 0 Å². The number of hydrogen-bond acceptors (Lipinski definition) is 7. The molecule has 0 aliphatic rings. The van der Waals surface area contributed by atoms with Crippen LogP contribution in [0.2, 0.25) is 0 Å². The molecule has 0 aliphatic heterocycles. The zero-order valence-corrected chi connectivity index (χ0v) is 18.3. The van der Waals surface area contributed by atoms with Gasteiger partial charge in [-0.3, -0.25) is 9.48 Å². The van der Waals surface area contributed by atoms with Crippen LogP contribution in [0.1, 0.15) is 39.5 Å². The van der Waals surface area contributed by atoms with E-state index in [1.807, 2.05) is 0 Å². The van der Waals surface area contributed by atoms with Crippen molar-refractivity contribution in [3.05, 3.63) is 70.9 Å². The maximum atomic E-state index is 13.5. The Kier molecular flexibility index (Phi) is 6.27. The highest BCUT2D eigenvalue weighted by atomic mass is 32.1. The quantitative estimate of drug-likeness (QED) is 0.374. The van der Waals surface area contributed by atoms with Gasteiger partial charge in [0.2, 0.25) is 5.01 Å². The van der Waals surface area contributed by atoms with E-state index in [-0.39, 0.29) is 16.8 Å². The van der Waals surface area contributed by atoms with Crippen molar-refractivity contribution in [3.63, 3.8) is 0 Å². The van der Waals surface area contributed by atoms with E-state index >= 15 is 0 Å². The molecule has 4 aromatic rings. The number of carbonyl (C=O) groups is 1. The van der Waals surface area contributed by atoms with Gasteiger partial charge in [0.25, 0.3) is 5.91 Å². The highest BCUT2D eigenvalue weighted by molar-refractivity contribution is 7.16. The van der Waals surface area contributed by atoms with Crippen molar-refractivity contribution in [1.82, 2.24) is 29.9 Å². The molecule has 3 aromatic heterocycles. The van der Waals surface area contributed by atoms with Crippen LogP contribution in [0.3, 0.4) is 0 Å². The highest BCUT2D eigenvalue weighted by Gasteiger charge is 2.39. The Hall–Kier alpha value is -3.88. The Bertz CT molecular complexity index is 1350. The van der Waals surface area contributed by atoms with E-state index in [9.17, 15) is 31.1 Å². The standard InChI is InChI=1S/C20H13F6N7OS/c1-10(13-3-2-11(19(21,22)23)6-14(13)20(24,25)26)33-8-12(7-29-33)30-16(34)18-32-31-17(35-18)15-4-5-27-9-28-15/h2-10H,1H3,(H,30,34)/t10-/m0/s1. The molecule has 8 nitrogen and oxygen atoms in total. The van der Waals surface area contributed by atoms with Gasteiger partial charge in [-0.2, -0.15) is 31.4 Å². The van der Waals surface area contributed by atoms with Crippen LogP contribution < -0.4 is 5.32 Å². The lowest BCUT2D eigenvalue weighted by molar-refractivity contribution is -0.143. The van der Waals surface area contributed by atoms with Crippen molar-refractivity contribution in [2.24, 2.45) is 0 Å². The fourth-order valence-electron chi connectivity index (χ4n) is 3.12. The molecule has 1 N–H and O–H groups in total. The van der Waals surface area contributed by atoms with Gasteiger partial charge in [-0.1, -0.05) is 17.4 Å². The minimum atomic E-state index is -5.02. The van der Waals surface area contributed by atoms with Gasteiger partial charge in [-0.25, -0.2) is 9.97 Å². The van der Waals surface area contributed by atoms with Gasteiger partial charge in [0, 0.05) is 12.4 Å². The summed E-state index contributed by atoms with van der Waals surface area (Å²) in [5, 5.41) is 14.5. The Morgan fingerprint density at radius 3 is 2.51 bits per heavy atom. The zero-order valence-electron chi connectivity index (χ0n) is 17.5. The molecular weight excluding hydrogens is 500 g/mol. The van der Waals surface area contributed by atoms with Gasteiger partial charge in [0.1, 0.15) is 12.0 Å². The van der Waals surface area contributed by atoms with E-state index in [0.717, 1.165) is 22.1 Å². The summed E-state index contributed by atoms with van der Waals surface area (Å²) in [6.45, 7) is 1.34. The van der Waals surface area contributed by atoms with Crippen LogP contribution in [0.5, 0.6) is 0 Å². The van der Waals surface area contributed by atoms with Crippen molar-refractivity contribution in [2.75, 3.05) is 5.32 Å². The number of nitrogens with zero attached hydrogens (tertiary/aromatic N) is 6. The van der Waals surface area contributed by atoms with Gasteiger partial charge in [-0.15, -0.1) is 10.2 Å². The summed E-state index contributed by atoms with van der Waals surface area (Å²) in [5.74, 6) is -0.638. The van der Waals surface area contributed by atoms with Gasteiger partial charge in [-0.05, 0) is 30.7 Å². The van der Waals surface area contributed by atoms with Crippen LogP contribution in [0.15, 0.2) is 49.2 Å². The molecule has 1 aromatic carbocycles. The molecule has 182 valence electrons. The van der Waals surface area contributed by atoms with Crippen molar-refractivity contribution in [2.45, 2.75) is 25.3 Å². The molecule has 0 fully saturated rings. The first-order valence-corrected chi connectivity index (χ1v) is 10.5. The minimum Gasteiger partial charge on any atom is -0.317 e. The molecule has 1 atom stereocenters. The largest absolute Gasteiger partial charge is 0.416 e. The van der Waals surface area contributed by atoms with E-state index in [2.05, 4.69) is 30.6 Å². The number of nitrogens with one attached hydrogen (secondary N) is 1. The fraction of sp³-hybridized carbons (Fsp3) is 0.200. The SMILES string of the molecule is C[C@@H](c1ccc(C(F)(F)F)cc1C(F)(F)F)n1cc(NC(=O)c2nnc(-c3ccncn3)s2)cn1. The van der Waals surface area contributed by atoms with Gasteiger partial charge in [0.15, 0.2) is 5.01 Å². The second-order valence-electron chi connectivity index (χ2n) is 7.14. The van der Waals surface area contributed by atoms with Crippen LogP contribution >= 0.6 is 11.3 Å². The second kappa shape index (κ2) is 9.05. The second-order valence-corrected chi connectivity index (χ2v) is 8.12. The topological polar surface area (TPSA) is 98.5 Å². The predicted octanol–water partition coefficient (Wildman–Crippen LogP) is 5.09. The summed E-state index contributed by atoms with van der Waals surface area (Å²) in [7, 11) is 0. The number of anilines is 1. The molecule has 0 spiro atoms. The number of benzene rings is 1. The molecule has 15 heteroatoms. The Morgan fingerprint density at radius 1 is 1.09 bits per heavy atom. The lowest BCUT2D eigenvalue weighted by Gasteiger charge is -2.20. The number of amides is 1.